The van der Waals surface area contributed by atoms with Gasteiger partial charge in [-0.25, -0.2) is 0 Å². The summed E-state index contributed by atoms with van der Waals surface area (Å²) in [7, 11) is 0. The molecule has 0 aliphatic heterocycles. The molecule has 4 nitrogen and oxygen atoms in total. The van der Waals surface area contributed by atoms with Gasteiger partial charge in [0.25, 0.3) is 0 Å². The Bertz CT molecular complexity index is 186. The number of unbranched alkanes of at least 4 members (excludes halogenated alkanes) is 1. The number of likely N-dealkylation sites (N-methyl/N-ethyl adjacent to an activating group) is 1. The minimum Gasteiger partial charge on any atom is -0.480 e. The Morgan fingerprint density at radius 3 is 2.44 bits per heavy atom. The van der Waals surface area contributed by atoms with Gasteiger partial charge in [-0.05, 0) is 32.5 Å². The summed E-state index contributed by atoms with van der Waals surface area (Å²) in [6.07, 6.45) is 3.06. The largest absolute Gasteiger partial charge is 0.480 e. The van der Waals surface area contributed by atoms with Gasteiger partial charge in [-0.1, -0.05) is 27.2 Å². The van der Waals surface area contributed by atoms with Crippen molar-refractivity contribution in [2.24, 2.45) is 0 Å². The van der Waals surface area contributed by atoms with Crippen LogP contribution in [-0.2, 0) is 4.79 Å². The molecule has 0 saturated carbocycles. The lowest BCUT2D eigenvalue weighted by Crippen LogP contribution is -2.40. The molecule has 0 bridgehead atoms. The molecule has 0 heterocycles. The third-order valence-corrected chi connectivity index (χ3v) is 2.76. The highest BCUT2D eigenvalue weighted by Crippen LogP contribution is 2.00. The molecule has 0 aromatic rings. The summed E-state index contributed by atoms with van der Waals surface area (Å²) in [5.41, 5.74) is 0. The van der Waals surface area contributed by atoms with E-state index in [0.29, 0.717) is 13.0 Å². The van der Waals surface area contributed by atoms with Crippen molar-refractivity contribution in [2.75, 3.05) is 26.2 Å². The predicted molar refractivity (Wildman–Crippen MR) is 66.7 cm³/mol. The van der Waals surface area contributed by atoms with Gasteiger partial charge in [-0.15, -0.1) is 0 Å². The molecule has 0 spiro atoms. The van der Waals surface area contributed by atoms with Gasteiger partial charge in [0.2, 0.25) is 0 Å². The lowest BCUT2D eigenvalue weighted by atomic mass is 10.2. The van der Waals surface area contributed by atoms with Gasteiger partial charge in [-0.3, -0.25) is 4.79 Å². The van der Waals surface area contributed by atoms with Crippen LogP contribution in [0.1, 0.15) is 40.0 Å². The van der Waals surface area contributed by atoms with Crippen molar-refractivity contribution in [3.8, 4) is 0 Å². The van der Waals surface area contributed by atoms with E-state index in [4.69, 9.17) is 5.11 Å². The summed E-state index contributed by atoms with van der Waals surface area (Å²) < 4.78 is 0. The van der Waals surface area contributed by atoms with Gasteiger partial charge in [0.05, 0.1) is 0 Å². The first-order valence-corrected chi connectivity index (χ1v) is 6.34. The molecule has 0 fully saturated rings. The third-order valence-electron chi connectivity index (χ3n) is 2.76. The van der Waals surface area contributed by atoms with Crippen molar-refractivity contribution < 1.29 is 9.90 Å². The average Bonchev–Trinajstić information content (AvgIpc) is 2.27. The van der Waals surface area contributed by atoms with Crippen molar-refractivity contribution in [2.45, 2.75) is 46.1 Å². The standard InChI is InChI=1S/C12H26N2O2/c1-4-7-9-14(6-3)10-8-11(12(15)16)13-5-2/h11,13H,4-10H2,1-3H3,(H,15,16). The Kier molecular flexibility index (Phi) is 9.24. The molecule has 0 rings (SSSR count). The molecule has 4 heteroatoms. The first-order valence-electron chi connectivity index (χ1n) is 6.34. The Labute approximate surface area is 99.0 Å². The summed E-state index contributed by atoms with van der Waals surface area (Å²) in [6.45, 7) is 9.87. The summed E-state index contributed by atoms with van der Waals surface area (Å²) >= 11 is 0. The maximum atomic E-state index is 10.9. The summed E-state index contributed by atoms with van der Waals surface area (Å²) in [5.74, 6) is -0.742. The Morgan fingerprint density at radius 1 is 1.31 bits per heavy atom. The molecule has 0 aliphatic rings. The normalized spacial score (nSPS) is 13.0. The average molecular weight is 230 g/mol. The molecule has 0 saturated heterocycles. The van der Waals surface area contributed by atoms with Crippen LogP contribution in [0.15, 0.2) is 0 Å². The Balaban J connectivity index is 3.90. The number of carboxylic acid groups (broad SMARTS) is 1. The van der Waals surface area contributed by atoms with Crippen LogP contribution in [0.5, 0.6) is 0 Å². The number of hydrogen-bond donors (Lipinski definition) is 2. The fourth-order valence-corrected chi connectivity index (χ4v) is 1.68. The quantitative estimate of drug-likeness (QED) is 0.598. The number of carboxylic acids is 1. The number of hydrogen-bond acceptors (Lipinski definition) is 3. The van der Waals surface area contributed by atoms with Crippen LogP contribution in [-0.4, -0.2) is 48.2 Å². The fraction of sp³-hybridized carbons (Fsp3) is 0.917. The number of rotatable bonds is 10. The van der Waals surface area contributed by atoms with Crippen LogP contribution < -0.4 is 5.32 Å². The van der Waals surface area contributed by atoms with E-state index in [1.165, 1.54) is 12.8 Å². The second kappa shape index (κ2) is 9.60. The zero-order chi connectivity index (χ0) is 12.4. The van der Waals surface area contributed by atoms with Crippen LogP contribution in [0.4, 0.5) is 0 Å². The number of nitrogens with one attached hydrogen (secondary N) is 1. The van der Waals surface area contributed by atoms with Gasteiger partial charge in [0.15, 0.2) is 0 Å². The SMILES string of the molecule is CCCCN(CC)CCC(NCC)C(=O)O. The van der Waals surface area contributed by atoms with Crippen molar-refractivity contribution in [1.82, 2.24) is 10.2 Å². The lowest BCUT2D eigenvalue weighted by Gasteiger charge is -2.22. The summed E-state index contributed by atoms with van der Waals surface area (Å²) in [6, 6.07) is -0.402. The van der Waals surface area contributed by atoms with Crippen LogP contribution in [0, 0.1) is 0 Å². The third kappa shape index (κ3) is 6.80. The second-order valence-corrected chi connectivity index (χ2v) is 4.02. The van der Waals surface area contributed by atoms with E-state index in [9.17, 15) is 4.79 Å². The molecule has 2 N–H and O–H groups in total. The predicted octanol–water partition coefficient (Wildman–Crippen LogP) is 1.56. The van der Waals surface area contributed by atoms with Crippen LogP contribution in [0.2, 0.25) is 0 Å². The van der Waals surface area contributed by atoms with Crippen molar-refractivity contribution in [3.05, 3.63) is 0 Å². The maximum absolute atomic E-state index is 10.9. The van der Waals surface area contributed by atoms with E-state index in [1.807, 2.05) is 6.92 Å². The van der Waals surface area contributed by atoms with Crippen LogP contribution >= 0.6 is 0 Å². The molecule has 1 unspecified atom stereocenters. The molecular weight excluding hydrogens is 204 g/mol. The summed E-state index contributed by atoms with van der Waals surface area (Å²) in [5, 5.41) is 12.0. The van der Waals surface area contributed by atoms with E-state index in [1.54, 1.807) is 0 Å². The first kappa shape index (κ1) is 15.4. The molecule has 16 heavy (non-hydrogen) atoms. The highest BCUT2D eigenvalue weighted by atomic mass is 16.4. The molecule has 0 aromatic carbocycles. The number of aliphatic carboxylic acids is 1. The van der Waals surface area contributed by atoms with E-state index >= 15 is 0 Å². The first-order chi connectivity index (χ1) is 7.65. The van der Waals surface area contributed by atoms with Crippen molar-refractivity contribution in [1.29, 1.82) is 0 Å². The zero-order valence-corrected chi connectivity index (χ0v) is 10.8. The molecule has 0 aliphatic carbocycles. The Hall–Kier alpha value is -0.610. The van der Waals surface area contributed by atoms with Crippen LogP contribution in [0.3, 0.4) is 0 Å². The highest BCUT2D eigenvalue weighted by molar-refractivity contribution is 5.73. The monoisotopic (exact) mass is 230 g/mol. The molecule has 1 atom stereocenters. The minimum absolute atomic E-state index is 0.402. The fourth-order valence-electron chi connectivity index (χ4n) is 1.68. The van der Waals surface area contributed by atoms with Crippen molar-refractivity contribution >= 4 is 5.97 Å². The lowest BCUT2D eigenvalue weighted by molar-refractivity contribution is -0.139. The second-order valence-electron chi connectivity index (χ2n) is 4.02. The van der Waals surface area contributed by atoms with Gasteiger partial charge in [0.1, 0.15) is 6.04 Å². The Morgan fingerprint density at radius 2 is 2.00 bits per heavy atom. The van der Waals surface area contributed by atoms with Gasteiger partial charge in [-0.2, -0.15) is 0 Å². The van der Waals surface area contributed by atoms with Gasteiger partial charge < -0.3 is 15.3 Å². The maximum Gasteiger partial charge on any atom is 0.320 e. The van der Waals surface area contributed by atoms with Gasteiger partial charge >= 0.3 is 5.97 Å². The van der Waals surface area contributed by atoms with E-state index < -0.39 is 12.0 Å². The van der Waals surface area contributed by atoms with E-state index in [0.717, 1.165) is 19.6 Å². The molecule has 0 aromatic heterocycles. The number of carbonyl (C=O) groups is 1. The van der Waals surface area contributed by atoms with E-state index in [-0.39, 0.29) is 0 Å². The zero-order valence-electron chi connectivity index (χ0n) is 10.8. The number of nitrogens with zero attached hydrogens (tertiary/aromatic N) is 1. The van der Waals surface area contributed by atoms with Crippen molar-refractivity contribution in [3.63, 3.8) is 0 Å². The topological polar surface area (TPSA) is 52.6 Å². The smallest absolute Gasteiger partial charge is 0.320 e. The molecule has 96 valence electrons. The van der Waals surface area contributed by atoms with Gasteiger partial charge in [0, 0.05) is 6.54 Å². The molecule has 0 amide bonds. The summed E-state index contributed by atoms with van der Waals surface area (Å²) in [4.78, 5) is 13.2. The molecule has 0 radical (unpaired) electrons. The minimum atomic E-state index is -0.742. The van der Waals surface area contributed by atoms with Crippen LogP contribution in [0.25, 0.3) is 0 Å². The highest BCUT2D eigenvalue weighted by Gasteiger charge is 2.16. The molecular formula is C12H26N2O2. The van der Waals surface area contributed by atoms with E-state index in [2.05, 4.69) is 24.1 Å².